The fraction of sp³-hybridized carbons (Fsp3) is 1.00. The summed E-state index contributed by atoms with van der Waals surface area (Å²) in [5.41, 5.74) is 0. The van der Waals surface area contributed by atoms with Gasteiger partial charge in [-0.15, -0.1) is 0 Å². The van der Waals surface area contributed by atoms with Crippen LogP contribution in [0.2, 0.25) is 0 Å². The smallest absolute Gasteiger partial charge is 0.748 e. The fourth-order valence-corrected chi connectivity index (χ4v) is 3.83. The first-order chi connectivity index (χ1) is 10.9. The fourth-order valence-electron chi connectivity index (χ4n) is 2.92. The molecular formula is C18H37NaO4S. The Morgan fingerprint density at radius 1 is 0.750 bits per heavy atom. The Bertz CT molecular complexity index is 360. The molecule has 0 rings (SSSR count). The van der Waals surface area contributed by atoms with E-state index < -0.39 is 15.4 Å². The molecule has 0 saturated heterocycles. The van der Waals surface area contributed by atoms with Gasteiger partial charge in [0, 0.05) is 5.25 Å². The second-order valence-corrected chi connectivity index (χ2v) is 8.40. The van der Waals surface area contributed by atoms with Crippen molar-refractivity contribution in [2.45, 2.75) is 115 Å². The first kappa shape index (κ1) is 27.1. The molecule has 0 aromatic rings. The van der Waals surface area contributed by atoms with Gasteiger partial charge in [0.2, 0.25) is 0 Å². The third kappa shape index (κ3) is 16.3. The van der Waals surface area contributed by atoms with Gasteiger partial charge in [0.25, 0.3) is 0 Å². The third-order valence-electron chi connectivity index (χ3n) is 4.49. The van der Waals surface area contributed by atoms with Crippen molar-refractivity contribution in [3.8, 4) is 0 Å². The Balaban J connectivity index is 0. The Labute approximate surface area is 172 Å². The van der Waals surface area contributed by atoms with E-state index in [-0.39, 0.29) is 35.7 Å². The van der Waals surface area contributed by atoms with E-state index in [0.717, 1.165) is 51.4 Å². The minimum absolute atomic E-state index is 0. The Kier molecular flexibility index (Phi) is 19.5. The quantitative estimate of drug-likeness (QED) is 0.254. The molecule has 0 aliphatic carbocycles. The number of rotatable bonds is 16. The topological polar surface area (TPSA) is 77.4 Å². The van der Waals surface area contributed by atoms with Gasteiger partial charge in [-0.1, -0.05) is 78.1 Å². The molecule has 0 spiro atoms. The predicted octanol–water partition coefficient (Wildman–Crippen LogP) is 1.77. The van der Waals surface area contributed by atoms with E-state index >= 15 is 0 Å². The predicted molar refractivity (Wildman–Crippen MR) is 95.5 cm³/mol. The van der Waals surface area contributed by atoms with E-state index in [0.29, 0.717) is 12.8 Å². The van der Waals surface area contributed by atoms with E-state index in [2.05, 4.69) is 6.92 Å². The molecular weight excluding hydrogens is 335 g/mol. The van der Waals surface area contributed by atoms with Crippen molar-refractivity contribution in [3.63, 3.8) is 0 Å². The first-order valence-electron chi connectivity index (χ1n) is 9.54. The zero-order chi connectivity index (χ0) is 17.6. The van der Waals surface area contributed by atoms with Crippen LogP contribution in [0.1, 0.15) is 104 Å². The van der Waals surface area contributed by atoms with Crippen LogP contribution < -0.4 is 29.6 Å². The van der Waals surface area contributed by atoms with Gasteiger partial charge in [0.15, 0.2) is 0 Å². The van der Waals surface area contributed by atoms with Crippen LogP contribution in [0.15, 0.2) is 0 Å². The summed E-state index contributed by atoms with van der Waals surface area (Å²) in [6.45, 7) is 4.19. The molecule has 2 unspecified atom stereocenters. The molecule has 0 saturated carbocycles. The van der Waals surface area contributed by atoms with Crippen molar-refractivity contribution in [2.75, 3.05) is 0 Å². The van der Waals surface area contributed by atoms with E-state index in [4.69, 9.17) is 0 Å². The van der Waals surface area contributed by atoms with E-state index in [9.17, 15) is 18.1 Å². The summed E-state index contributed by atoms with van der Waals surface area (Å²) in [4.78, 5) is 0. The van der Waals surface area contributed by atoms with E-state index in [1.807, 2.05) is 6.92 Å². The molecule has 24 heavy (non-hydrogen) atoms. The standard InChI is InChI=1S/C18H38O4S.Na/c1-3-5-7-8-10-13-17(19)14-11-9-12-16-18(15-6-4-2)23(20,21)22;/h17-19H,3-16H2,1-2H3,(H,20,21,22);/q;+1/p-1. The summed E-state index contributed by atoms with van der Waals surface area (Å²) in [6.07, 6.45) is 12.7. The minimum Gasteiger partial charge on any atom is -0.748 e. The van der Waals surface area contributed by atoms with Crippen LogP contribution in [0.3, 0.4) is 0 Å². The van der Waals surface area contributed by atoms with Crippen molar-refractivity contribution in [1.29, 1.82) is 0 Å². The summed E-state index contributed by atoms with van der Waals surface area (Å²) in [7, 11) is -4.16. The maximum atomic E-state index is 11.2. The van der Waals surface area contributed by atoms with Gasteiger partial charge in [-0.05, 0) is 25.7 Å². The number of hydrogen-bond acceptors (Lipinski definition) is 4. The van der Waals surface area contributed by atoms with Crippen LogP contribution in [-0.4, -0.2) is 29.4 Å². The third-order valence-corrected chi connectivity index (χ3v) is 5.78. The monoisotopic (exact) mass is 372 g/mol. The molecule has 4 nitrogen and oxygen atoms in total. The molecule has 0 fully saturated rings. The number of unbranched alkanes of at least 4 members (excludes halogenated alkanes) is 7. The van der Waals surface area contributed by atoms with Crippen LogP contribution in [0, 0.1) is 0 Å². The zero-order valence-corrected chi connectivity index (χ0v) is 19.0. The van der Waals surface area contributed by atoms with Gasteiger partial charge in [-0.25, -0.2) is 8.42 Å². The van der Waals surface area contributed by atoms with Crippen LogP contribution >= 0.6 is 0 Å². The van der Waals surface area contributed by atoms with Crippen LogP contribution in [0.5, 0.6) is 0 Å². The Morgan fingerprint density at radius 2 is 1.17 bits per heavy atom. The second kappa shape index (κ2) is 17.3. The number of aliphatic hydroxyl groups excluding tert-OH is 1. The Morgan fingerprint density at radius 3 is 1.67 bits per heavy atom. The summed E-state index contributed by atoms with van der Waals surface area (Å²) in [5.74, 6) is 0. The largest absolute Gasteiger partial charge is 1.00 e. The maximum Gasteiger partial charge on any atom is 1.00 e. The van der Waals surface area contributed by atoms with Gasteiger partial charge in [0.1, 0.15) is 0 Å². The van der Waals surface area contributed by atoms with Crippen molar-refractivity contribution in [2.24, 2.45) is 0 Å². The van der Waals surface area contributed by atoms with Crippen molar-refractivity contribution >= 4 is 10.1 Å². The molecule has 1 N–H and O–H groups in total. The normalized spacial score (nSPS) is 14.2. The first-order valence-corrected chi connectivity index (χ1v) is 11.0. The minimum atomic E-state index is -4.16. The molecule has 0 amide bonds. The van der Waals surface area contributed by atoms with E-state index in [1.165, 1.54) is 25.7 Å². The summed E-state index contributed by atoms with van der Waals surface area (Å²) < 4.78 is 33.6. The number of aliphatic hydroxyl groups is 1. The molecule has 0 aromatic carbocycles. The van der Waals surface area contributed by atoms with Crippen LogP contribution in [0.25, 0.3) is 0 Å². The molecule has 140 valence electrons. The number of hydrogen-bond donors (Lipinski definition) is 1. The summed E-state index contributed by atoms with van der Waals surface area (Å²) in [5, 5.41) is 9.20. The average Bonchev–Trinajstić information content (AvgIpc) is 2.48. The van der Waals surface area contributed by atoms with Crippen LogP contribution in [-0.2, 0) is 10.1 Å². The second-order valence-electron chi connectivity index (χ2n) is 6.75. The van der Waals surface area contributed by atoms with Crippen molar-refractivity contribution < 1.29 is 47.6 Å². The molecule has 0 radical (unpaired) electrons. The molecule has 0 aliphatic rings. The molecule has 0 aliphatic heterocycles. The Hall–Kier alpha value is 0.870. The molecule has 2 atom stereocenters. The van der Waals surface area contributed by atoms with Gasteiger partial charge in [0.05, 0.1) is 16.2 Å². The summed E-state index contributed by atoms with van der Waals surface area (Å²) >= 11 is 0. The van der Waals surface area contributed by atoms with Crippen molar-refractivity contribution in [3.05, 3.63) is 0 Å². The van der Waals surface area contributed by atoms with Crippen molar-refractivity contribution in [1.82, 2.24) is 0 Å². The van der Waals surface area contributed by atoms with Gasteiger partial charge >= 0.3 is 29.6 Å². The van der Waals surface area contributed by atoms with E-state index in [1.54, 1.807) is 0 Å². The molecule has 0 heterocycles. The van der Waals surface area contributed by atoms with Gasteiger partial charge in [-0.3, -0.25) is 0 Å². The summed E-state index contributed by atoms with van der Waals surface area (Å²) in [6, 6.07) is 0. The van der Waals surface area contributed by atoms with Gasteiger partial charge < -0.3 is 9.66 Å². The zero-order valence-electron chi connectivity index (χ0n) is 16.1. The molecule has 0 aromatic heterocycles. The maximum absolute atomic E-state index is 11.2. The molecule has 0 bridgehead atoms. The van der Waals surface area contributed by atoms with Crippen LogP contribution in [0.4, 0.5) is 0 Å². The van der Waals surface area contributed by atoms with Gasteiger partial charge in [-0.2, -0.15) is 0 Å². The molecule has 6 heteroatoms. The SMILES string of the molecule is CCCCCCCC(O)CCCCCC(CCCC)S(=O)(=O)[O-].[Na+]. The average molecular weight is 373 g/mol.